The van der Waals surface area contributed by atoms with Crippen LogP contribution in [0.2, 0.25) is 5.02 Å². The summed E-state index contributed by atoms with van der Waals surface area (Å²) in [6.45, 7) is -1.72. The van der Waals surface area contributed by atoms with Crippen LogP contribution in [-0.2, 0) is 19.4 Å². The van der Waals surface area contributed by atoms with E-state index in [4.69, 9.17) is 11.6 Å². The second-order valence-electron chi connectivity index (χ2n) is 8.61. The highest BCUT2D eigenvalue weighted by molar-refractivity contribution is 7.93. The number of carbonyl (C=O) groups excluding carboxylic acids is 2. The van der Waals surface area contributed by atoms with E-state index in [2.05, 4.69) is 5.32 Å². The molecule has 1 aromatic rings. The third-order valence-electron chi connectivity index (χ3n) is 6.42. The Morgan fingerprint density at radius 3 is 2.41 bits per heavy atom. The van der Waals surface area contributed by atoms with Crippen molar-refractivity contribution in [3.63, 3.8) is 0 Å². The molecule has 32 heavy (non-hydrogen) atoms. The van der Waals surface area contributed by atoms with Crippen LogP contribution in [0, 0.1) is 23.1 Å². The molecule has 172 valence electrons. The average molecular weight is 490 g/mol. The molecule has 3 aliphatic rings. The molecule has 0 radical (unpaired) electrons. The lowest BCUT2D eigenvalue weighted by atomic mass is 9.90. The number of hydrogen-bond acceptors (Lipinski definition) is 5. The normalized spacial score (nSPS) is 27.8. The van der Waals surface area contributed by atoms with Crippen molar-refractivity contribution < 1.29 is 31.2 Å². The molecule has 1 saturated heterocycles. The number of carbonyl (C=O) groups is 2. The molecule has 2 saturated carbocycles. The maximum absolute atomic E-state index is 13.8. The van der Waals surface area contributed by atoms with E-state index in [9.17, 15) is 36.4 Å². The van der Waals surface area contributed by atoms with Crippen molar-refractivity contribution in [2.75, 3.05) is 13.1 Å². The topological polar surface area (TPSA) is 107 Å². The fourth-order valence-electron chi connectivity index (χ4n) is 4.51. The number of amides is 2. The lowest BCUT2D eigenvalue weighted by Gasteiger charge is -2.43. The lowest BCUT2D eigenvalue weighted by Crippen LogP contribution is -2.65. The number of halogens is 4. The van der Waals surface area contributed by atoms with E-state index in [1.54, 1.807) is 0 Å². The molecule has 0 bridgehead atoms. The zero-order chi connectivity index (χ0) is 23.5. The molecule has 7 nitrogen and oxygen atoms in total. The highest BCUT2D eigenvalue weighted by Crippen LogP contribution is 2.49. The second kappa shape index (κ2) is 7.35. The van der Waals surface area contributed by atoms with Crippen LogP contribution in [0.25, 0.3) is 0 Å². The van der Waals surface area contributed by atoms with Crippen LogP contribution in [0.1, 0.15) is 32.1 Å². The average Bonchev–Trinajstić information content (AvgIpc) is 3.30. The van der Waals surface area contributed by atoms with Crippen LogP contribution in [-0.4, -0.2) is 54.4 Å². The van der Waals surface area contributed by atoms with Gasteiger partial charge in [-0.05, 0) is 43.9 Å². The van der Waals surface area contributed by atoms with Gasteiger partial charge in [0, 0.05) is 0 Å². The van der Waals surface area contributed by atoms with Crippen LogP contribution in [0.3, 0.4) is 0 Å². The first-order valence-electron chi connectivity index (χ1n) is 9.98. The maximum atomic E-state index is 13.8. The summed E-state index contributed by atoms with van der Waals surface area (Å²) >= 11 is 6.00. The molecule has 1 aliphatic heterocycles. The van der Waals surface area contributed by atoms with Gasteiger partial charge in [0.05, 0.1) is 35.0 Å². The van der Waals surface area contributed by atoms with Crippen LogP contribution < -0.4 is 5.32 Å². The number of alkyl halides is 2. The predicted octanol–water partition coefficient (Wildman–Crippen LogP) is 2.44. The van der Waals surface area contributed by atoms with Crippen LogP contribution >= 0.6 is 11.6 Å². The molecule has 2 unspecified atom stereocenters. The molecule has 2 amide bonds. The van der Waals surface area contributed by atoms with E-state index in [1.165, 1.54) is 0 Å². The summed E-state index contributed by atoms with van der Waals surface area (Å²) in [4.78, 5) is 26.9. The molecule has 1 N–H and O–H groups in total. The molecular formula is C20H19ClF3N3O4S. The van der Waals surface area contributed by atoms with Gasteiger partial charge in [-0.3, -0.25) is 9.59 Å². The highest BCUT2D eigenvalue weighted by atomic mass is 35.5. The summed E-state index contributed by atoms with van der Waals surface area (Å²) in [6.07, 6.45) is 0.508. The van der Waals surface area contributed by atoms with Crippen molar-refractivity contribution >= 4 is 33.3 Å². The number of hydrogen-bond donors (Lipinski definition) is 1. The molecule has 0 spiro atoms. The van der Waals surface area contributed by atoms with Gasteiger partial charge in [-0.1, -0.05) is 18.0 Å². The standard InChI is InChI=1S/C20H19ClF3N3O4S/c21-14-8-12(22)3-4-15(14)32(30,31)20(17(29)26-18(9-25)6-7-18)5-1-2-13(20)16(28)27-10-19(23,24)11-27/h3-4,8,13H,1-2,5-7,10-11H2,(H,26,29). The van der Waals surface area contributed by atoms with Gasteiger partial charge in [0.2, 0.25) is 11.8 Å². The highest BCUT2D eigenvalue weighted by Gasteiger charge is 2.65. The van der Waals surface area contributed by atoms with Crippen LogP contribution in [0.5, 0.6) is 0 Å². The van der Waals surface area contributed by atoms with Crippen molar-refractivity contribution in [2.45, 2.75) is 53.2 Å². The molecule has 0 aromatic heterocycles. The molecule has 2 atom stereocenters. The number of nitriles is 1. The minimum atomic E-state index is -4.70. The first kappa shape index (κ1) is 22.9. The maximum Gasteiger partial charge on any atom is 0.282 e. The Morgan fingerprint density at radius 2 is 1.88 bits per heavy atom. The lowest BCUT2D eigenvalue weighted by molar-refractivity contribution is -0.170. The summed E-state index contributed by atoms with van der Waals surface area (Å²) in [6, 6.07) is 4.49. The third kappa shape index (κ3) is 3.44. The summed E-state index contributed by atoms with van der Waals surface area (Å²) in [7, 11) is -4.70. The third-order valence-corrected chi connectivity index (χ3v) is 9.42. The van der Waals surface area contributed by atoms with Gasteiger partial charge in [0.25, 0.3) is 5.92 Å². The summed E-state index contributed by atoms with van der Waals surface area (Å²) in [5, 5.41) is 11.4. The largest absolute Gasteiger partial charge is 0.336 e. The Hall–Kier alpha value is -2.32. The molecule has 1 heterocycles. The minimum absolute atomic E-state index is 0.0219. The van der Waals surface area contributed by atoms with E-state index in [0.29, 0.717) is 12.8 Å². The molecule has 1 aromatic carbocycles. The number of sulfone groups is 1. The fraction of sp³-hybridized carbons (Fsp3) is 0.550. The molecule has 12 heteroatoms. The summed E-state index contributed by atoms with van der Waals surface area (Å²) in [5.41, 5.74) is -1.23. The first-order chi connectivity index (χ1) is 14.9. The summed E-state index contributed by atoms with van der Waals surface area (Å²) < 4.78 is 65.6. The number of likely N-dealkylation sites (tertiary alicyclic amines) is 1. The number of nitrogens with one attached hydrogen (secondary N) is 1. The van der Waals surface area contributed by atoms with Gasteiger partial charge in [0.15, 0.2) is 14.6 Å². The fourth-order valence-corrected chi connectivity index (χ4v) is 7.23. The van der Waals surface area contributed by atoms with Crippen molar-refractivity contribution in [1.82, 2.24) is 10.2 Å². The molecule has 3 fully saturated rings. The monoisotopic (exact) mass is 489 g/mol. The van der Waals surface area contributed by atoms with Gasteiger partial charge in [-0.15, -0.1) is 0 Å². The van der Waals surface area contributed by atoms with Crippen molar-refractivity contribution in [3.8, 4) is 6.07 Å². The molecular weight excluding hydrogens is 471 g/mol. The first-order valence-corrected chi connectivity index (χ1v) is 11.8. The zero-order valence-corrected chi connectivity index (χ0v) is 18.3. The Bertz CT molecular complexity index is 1140. The zero-order valence-electron chi connectivity index (χ0n) is 16.7. The van der Waals surface area contributed by atoms with E-state index in [1.807, 2.05) is 6.07 Å². The SMILES string of the molecule is N#CC1(NC(=O)C2(S(=O)(=O)c3ccc(F)cc3Cl)CCCC2C(=O)N2CC(F)(F)C2)CC1. The van der Waals surface area contributed by atoms with Crippen LogP contribution in [0.4, 0.5) is 13.2 Å². The van der Waals surface area contributed by atoms with Crippen LogP contribution in [0.15, 0.2) is 23.1 Å². The number of nitrogens with zero attached hydrogens (tertiary/aromatic N) is 2. The van der Waals surface area contributed by atoms with E-state index in [-0.39, 0.29) is 19.3 Å². The van der Waals surface area contributed by atoms with Gasteiger partial charge in [-0.25, -0.2) is 21.6 Å². The number of benzene rings is 1. The molecule has 4 rings (SSSR count). The summed E-state index contributed by atoms with van der Waals surface area (Å²) in [5.74, 6) is -7.22. The Morgan fingerprint density at radius 1 is 1.22 bits per heavy atom. The van der Waals surface area contributed by atoms with E-state index in [0.717, 1.165) is 23.1 Å². The van der Waals surface area contributed by atoms with E-state index < -0.39 is 72.6 Å². The van der Waals surface area contributed by atoms with Gasteiger partial charge < -0.3 is 10.2 Å². The van der Waals surface area contributed by atoms with Crippen molar-refractivity contribution in [2.24, 2.45) is 5.92 Å². The quantitative estimate of drug-likeness (QED) is 0.639. The molecule has 2 aliphatic carbocycles. The Labute approximate surface area is 187 Å². The predicted molar refractivity (Wildman–Crippen MR) is 106 cm³/mol. The van der Waals surface area contributed by atoms with Crippen molar-refractivity contribution in [3.05, 3.63) is 29.0 Å². The Kier molecular flexibility index (Phi) is 5.25. The smallest absolute Gasteiger partial charge is 0.282 e. The van der Waals surface area contributed by atoms with Gasteiger partial charge in [0.1, 0.15) is 11.4 Å². The van der Waals surface area contributed by atoms with E-state index >= 15 is 0 Å². The number of rotatable bonds is 5. The minimum Gasteiger partial charge on any atom is -0.336 e. The second-order valence-corrected chi connectivity index (χ2v) is 11.2. The van der Waals surface area contributed by atoms with Crippen molar-refractivity contribution in [1.29, 1.82) is 5.26 Å². The Balaban J connectivity index is 1.81. The van der Waals surface area contributed by atoms with Gasteiger partial charge in [-0.2, -0.15) is 5.26 Å². The van der Waals surface area contributed by atoms with Gasteiger partial charge >= 0.3 is 0 Å².